The van der Waals surface area contributed by atoms with E-state index >= 15 is 0 Å². The molecule has 2 heterocycles. The van der Waals surface area contributed by atoms with Gasteiger partial charge in [-0.3, -0.25) is 9.59 Å². The van der Waals surface area contributed by atoms with Gasteiger partial charge in [-0.15, -0.1) is 0 Å². The Labute approximate surface area is 107 Å². The summed E-state index contributed by atoms with van der Waals surface area (Å²) in [5.41, 5.74) is 5.32. The zero-order valence-corrected chi connectivity index (χ0v) is 10.6. The molecule has 2 rings (SSSR count). The van der Waals surface area contributed by atoms with Gasteiger partial charge in [0, 0.05) is 19.6 Å². The lowest BCUT2D eigenvalue weighted by atomic mass is 9.98. The van der Waals surface area contributed by atoms with E-state index in [2.05, 4.69) is 0 Å². The van der Waals surface area contributed by atoms with Crippen molar-refractivity contribution in [2.75, 3.05) is 39.4 Å². The van der Waals surface area contributed by atoms with Gasteiger partial charge in [0.25, 0.3) is 0 Å². The van der Waals surface area contributed by atoms with Crippen LogP contribution in [0.1, 0.15) is 19.3 Å². The molecule has 6 nitrogen and oxygen atoms in total. The molecular formula is C12H21N3O3. The van der Waals surface area contributed by atoms with Crippen LogP contribution in [-0.4, -0.2) is 67.0 Å². The number of hydrogen-bond donors (Lipinski definition) is 1. The number of piperidine rings is 1. The van der Waals surface area contributed by atoms with Gasteiger partial charge in [-0.05, 0) is 19.3 Å². The van der Waals surface area contributed by atoms with Crippen molar-refractivity contribution >= 4 is 11.8 Å². The molecule has 18 heavy (non-hydrogen) atoms. The summed E-state index contributed by atoms with van der Waals surface area (Å²) in [6.07, 6.45) is 2.83. The molecule has 6 heteroatoms. The average Bonchev–Trinajstić information content (AvgIpc) is 2.40. The third-order valence-corrected chi connectivity index (χ3v) is 3.51. The summed E-state index contributed by atoms with van der Waals surface area (Å²) in [4.78, 5) is 27.5. The Morgan fingerprint density at radius 2 is 2.11 bits per heavy atom. The molecule has 0 radical (unpaired) electrons. The molecule has 1 atom stereocenters. The third kappa shape index (κ3) is 2.81. The quantitative estimate of drug-likeness (QED) is 0.652. The molecule has 2 aliphatic rings. The van der Waals surface area contributed by atoms with Crippen LogP contribution in [0.5, 0.6) is 0 Å². The van der Waals surface area contributed by atoms with Gasteiger partial charge in [0.15, 0.2) is 0 Å². The van der Waals surface area contributed by atoms with Gasteiger partial charge in [0.05, 0.1) is 19.8 Å². The summed E-state index contributed by atoms with van der Waals surface area (Å²) in [6.45, 7) is 2.82. The number of ether oxygens (including phenoxy) is 1. The Bertz CT molecular complexity index is 322. The molecule has 2 amide bonds. The van der Waals surface area contributed by atoms with Crippen molar-refractivity contribution in [2.45, 2.75) is 25.3 Å². The highest BCUT2D eigenvalue weighted by atomic mass is 16.5. The van der Waals surface area contributed by atoms with Gasteiger partial charge in [-0.1, -0.05) is 0 Å². The Kier molecular flexibility index (Phi) is 4.54. The predicted molar refractivity (Wildman–Crippen MR) is 65.8 cm³/mol. The summed E-state index contributed by atoms with van der Waals surface area (Å²) in [5.74, 6) is 0.142. The molecule has 0 aromatic rings. The molecule has 0 aliphatic carbocycles. The van der Waals surface area contributed by atoms with Crippen molar-refractivity contribution in [3.8, 4) is 0 Å². The number of piperazine rings is 1. The minimum atomic E-state index is -0.227. The molecular weight excluding hydrogens is 234 g/mol. The monoisotopic (exact) mass is 255 g/mol. The van der Waals surface area contributed by atoms with Gasteiger partial charge in [-0.25, -0.2) is 0 Å². The number of rotatable bonds is 5. The second kappa shape index (κ2) is 6.15. The van der Waals surface area contributed by atoms with Gasteiger partial charge >= 0.3 is 0 Å². The second-order valence-corrected chi connectivity index (χ2v) is 4.76. The predicted octanol–water partition coefficient (Wildman–Crippen LogP) is -0.815. The normalized spacial score (nSPS) is 24.4. The van der Waals surface area contributed by atoms with E-state index in [1.165, 1.54) is 0 Å². The minimum absolute atomic E-state index is 0.0677. The maximum absolute atomic E-state index is 12.2. The first-order chi connectivity index (χ1) is 8.74. The van der Waals surface area contributed by atoms with Crippen LogP contribution >= 0.6 is 0 Å². The SMILES string of the molecule is NCCOCCN1CC(=O)N2CCCCC2C1=O. The van der Waals surface area contributed by atoms with E-state index in [4.69, 9.17) is 10.5 Å². The largest absolute Gasteiger partial charge is 0.378 e. The Balaban J connectivity index is 1.88. The molecule has 0 saturated carbocycles. The molecule has 2 aliphatic heterocycles. The first-order valence-corrected chi connectivity index (χ1v) is 6.60. The van der Waals surface area contributed by atoms with Crippen LogP contribution in [0, 0.1) is 0 Å². The fourth-order valence-electron chi connectivity index (χ4n) is 2.58. The minimum Gasteiger partial charge on any atom is -0.378 e. The van der Waals surface area contributed by atoms with Crippen LogP contribution in [0.4, 0.5) is 0 Å². The van der Waals surface area contributed by atoms with Crippen molar-refractivity contribution in [3.05, 3.63) is 0 Å². The van der Waals surface area contributed by atoms with Crippen molar-refractivity contribution in [3.63, 3.8) is 0 Å². The molecule has 2 fully saturated rings. The van der Waals surface area contributed by atoms with Crippen molar-refractivity contribution in [1.29, 1.82) is 0 Å². The van der Waals surface area contributed by atoms with Crippen LogP contribution in [0.15, 0.2) is 0 Å². The highest BCUT2D eigenvalue weighted by Crippen LogP contribution is 2.22. The Hall–Kier alpha value is -1.14. The topological polar surface area (TPSA) is 75.9 Å². The van der Waals surface area contributed by atoms with Crippen LogP contribution in [0.2, 0.25) is 0 Å². The molecule has 0 aromatic carbocycles. The van der Waals surface area contributed by atoms with Gasteiger partial charge < -0.3 is 20.3 Å². The third-order valence-electron chi connectivity index (χ3n) is 3.51. The maximum Gasteiger partial charge on any atom is 0.245 e. The first kappa shape index (κ1) is 13.3. The lowest BCUT2D eigenvalue weighted by Crippen LogP contribution is -2.61. The summed E-state index contributed by atoms with van der Waals surface area (Å²) in [7, 11) is 0. The molecule has 0 spiro atoms. The fraction of sp³-hybridized carbons (Fsp3) is 0.833. The molecule has 0 aromatic heterocycles. The number of carbonyl (C=O) groups is 2. The number of nitrogens with zero attached hydrogens (tertiary/aromatic N) is 2. The highest BCUT2D eigenvalue weighted by Gasteiger charge is 2.39. The average molecular weight is 255 g/mol. The van der Waals surface area contributed by atoms with E-state index in [1.807, 2.05) is 0 Å². The lowest BCUT2D eigenvalue weighted by Gasteiger charge is -2.42. The number of carbonyl (C=O) groups excluding carboxylic acids is 2. The fourth-order valence-corrected chi connectivity index (χ4v) is 2.58. The van der Waals surface area contributed by atoms with Crippen LogP contribution in [0.3, 0.4) is 0 Å². The van der Waals surface area contributed by atoms with E-state index in [0.29, 0.717) is 26.3 Å². The molecule has 1 unspecified atom stereocenters. The van der Waals surface area contributed by atoms with Crippen molar-refractivity contribution in [1.82, 2.24) is 9.80 Å². The van der Waals surface area contributed by atoms with Crippen molar-refractivity contribution < 1.29 is 14.3 Å². The lowest BCUT2D eigenvalue weighted by molar-refractivity contribution is -0.158. The van der Waals surface area contributed by atoms with E-state index < -0.39 is 0 Å². The summed E-state index contributed by atoms with van der Waals surface area (Å²) < 4.78 is 5.26. The van der Waals surface area contributed by atoms with Gasteiger partial charge in [-0.2, -0.15) is 0 Å². The Morgan fingerprint density at radius 3 is 2.89 bits per heavy atom. The summed E-state index contributed by atoms with van der Waals surface area (Å²) in [5, 5.41) is 0. The van der Waals surface area contributed by atoms with E-state index in [-0.39, 0.29) is 24.4 Å². The first-order valence-electron chi connectivity index (χ1n) is 6.60. The highest BCUT2D eigenvalue weighted by molar-refractivity contribution is 5.95. The summed E-state index contributed by atoms with van der Waals surface area (Å²) in [6, 6.07) is -0.227. The zero-order chi connectivity index (χ0) is 13.0. The van der Waals surface area contributed by atoms with Crippen LogP contribution in [-0.2, 0) is 14.3 Å². The number of nitrogens with two attached hydrogens (primary N) is 1. The van der Waals surface area contributed by atoms with Crippen LogP contribution in [0.25, 0.3) is 0 Å². The van der Waals surface area contributed by atoms with E-state index in [9.17, 15) is 9.59 Å². The van der Waals surface area contributed by atoms with Gasteiger partial charge in [0.1, 0.15) is 6.04 Å². The smallest absolute Gasteiger partial charge is 0.245 e. The Morgan fingerprint density at radius 1 is 1.28 bits per heavy atom. The number of amides is 2. The van der Waals surface area contributed by atoms with E-state index in [0.717, 1.165) is 25.8 Å². The molecule has 2 saturated heterocycles. The van der Waals surface area contributed by atoms with E-state index in [1.54, 1.807) is 9.80 Å². The van der Waals surface area contributed by atoms with Crippen molar-refractivity contribution in [2.24, 2.45) is 5.73 Å². The maximum atomic E-state index is 12.2. The zero-order valence-electron chi connectivity index (χ0n) is 10.6. The van der Waals surface area contributed by atoms with Crippen LogP contribution < -0.4 is 5.73 Å². The second-order valence-electron chi connectivity index (χ2n) is 4.76. The molecule has 0 bridgehead atoms. The number of hydrogen-bond acceptors (Lipinski definition) is 4. The molecule has 102 valence electrons. The van der Waals surface area contributed by atoms with Gasteiger partial charge in [0.2, 0.25) is 11.8 Å². The molecule has 2 N–H and O–H groups in total. The number of fused-ring (bicyclic) bond motifs is 1. The standard InChI is InChI=1S/C12H21N3O3/c13-4-7-18-8-6-14-9-11(16)15-5-2-1-3-10(15)12(14)17/h10H,1-9,13H2. The summed E-state index contributed by atoms with van der Waals surface area (Å²) >= 11 is 0.